The quantitative estimate of drug-likeness (QED) is 0.759. The van der Waals surface area contributed by atoms with E-state index in [9.17, 15) is 8.78 Å². The van der Waals surface area contributed by atoms with E-state index in [1.54, 1.807) is 0 Å². The molecule has 1 aliphatic rings. The van der Waals surface area contributed by atoms with E-state index in [0.717, 1.165) is 37.8 Å². The Morgan fingerprint density at radius 2 is 1.62 bits per heavy atom. The largest absolute Gasteiger partial charge is 0.399 e. The van der Waals surface area contributed by atoms with Gasteiger partial charge in [0.1, 0.15) is 5.69 Å². The highest BCUT2D eigenvalue weighted by atomic mass is 19.1. The average Bonchev–Trinajstić information content (AvgIpc) is 2.25. The molecule has 0 heterocycles. The molecule has 88 valence electrons. The van der Waals surface area contributed by atoms with Crippen molar-refractivity contribution >= 4 is 11.4 Å². The first kappa shape index (κ1) is 11.2. The van der Waals surface area contributed by atoms with Gasteiger partial charge in [-0.25, -0.2) is 8.78 Å². The summed E-state index contributed by atoms with van der Waals surface area (Å²) < 4.78 is 27.0. The van der Waals surface area contributed by atoms with Crippen LogP contribution >= 0.6 is 0 Å². The molecule has 16 heavy (non-hydrogen) atoms. The van der Waals surface area contributed by atoms with Crippen molar-refractivity contribution in [3.63, 3.8) is 0 Å². The van der Waals surface area contributed by atoms with Gasteiger partial charge in [-0.15, -0.1) is 0 Å². The molecule has 1 saturated carbocycles. The zero-order valence-corrected chi connectivity index (χ0v) is 9.10. The fraction of sp³-hybridized carbons (Fsp3) is 0.500. The molecule has 0 saturated heterocycles. The summed E-state index contributed by atoms with van der Waals surface area (Å²) in [7, 11) is 0. The van der Waals surface area contributed by atoms with Crippen LogP contribution in [0.4, 0.5) is 20.2 Å². The van der Waals surface area contributed by atoms with E-state index in [0.29, 0.717) is 0 Å². The lowest BCUT2D eigenvalue weighted by Crippen LogP contribution is -2.23. The number of nitrogens with two attached hydrogens (primary N) is 1. The Bertz CT molecular complexity index is 350. The van der Waals surface area contributed by atoms with Gasteiger partial charge in [0.25, 0.3) is 0 Å². The summed E-state index contributed by atoms with van der Waals surface area (Å²) in [5.74, 6) is -1.22. The number of anilines is 2. The Morgan fingerprint density at radius 3 is 2.19 bits per heavy atom. The van der Waals surface area contributed by atoms with Gasteiger partial charge in [0.05, 0.1) is 0 Å². The number of hydrogen-bond acceptors (Lipinski definition) is 2. The maximum atomic E-state index is 13.5. The summed E-state index contributed by atoms with van der Waals surface area (Å²) >= 11 is 0. The molecule has 0 aliphatic heterocycles. The SMILES string of the molecule is Nc1cc(F)c(NC2CCCCC2)c(F)c1. The normalized spacial score (nSPS) is 17.4. The molecule has 2 nitrogen and oxygen atoms in total. The second-order valence-electron chi connectivity index (χ2n) is 4.34. The van der Waals surface area contributed by atoms with E-state index in [1.165, 1.54) is 6.42 Å². The second-order valence-corrected chi connectivity index (χ2v) is 4.34. The number of rotatable bonds is 2. The van der Waals surface area contributed by atoms with Crippen molar-refractivity contribution in [1.82, 2.24) is 0 Å². The van der Waals surface area contributed by atoms with Gasteiger partial charge in [-0.2, -0.15) is 0 Å². The molecule has 0 atom stereocenters. The van der Waals surface area contributed by atoms with Gasteiger partial charge in [-0.05, 0) is 25.0 Å². The molecule has 0 amide bonds. The summed E-state index contributed by atoms with van der Waals surface area (Å²) in [6, 6.07) is 2.48. The third-order valence-electron chi connectivity index (χ3n) is 3.02. The fourth-order valence-electron chi connectivity index (χ4n) is 2.18. The molecule has 0 aromatic heterocycles. The minimum Gasteiger partial charge on any atom is -0.399 e. The van der Waals surface area contributed by atoms with E-state index in [4.69, 9.17) is 5.73 Å². The molecule has 0 spiro atoms. The smallest absolute Gasteiger partial charge is 0.151 e. The Kier molecular flexibility index (Phi) is 3.27. The van der Waals surface area contributed by atoms with E-state index in [1.807, 2.05) is 0 Å². The van der Waals surface area contributed by atoms with Crippen molar-refractivity contribution in [3.8, 4) is 0 Å². The Morgan fingerprint density at radius 1 is 1.06 bits per heavy atom. The Labute approximate surface area is 93.8 Å². The predicted octanol–water partition coefficient (Wildman–Crippen LogP) is 3.29. The zero-order chi connectivity index (χ0) is 11.5. The summed E-state index contributed by atoms with van der Waals surface area (Å²) in [5, 5.41) is 2.94. The predicted molar refractivity (Wildman–Crippen MR) is 61.3 cm³/mol. The van der Waals surface area contributed by atoms with Crippen LogP contribution < -0.4 is 11.1 Å². The molecule has 2 rings (SSSR count). The molecule has 0 radical (unpaired) electrons. The van der Waals surface area contributed by atoms with E-state index >= 15 is 0 Å². The highest BCUT2D eigenvalue weighted by Gasteiger charge is 2.17. The van der Waals surface area contributed by atoms with Crippen molar-refractivity contribution in [2.75, 3.05) is 11.1 Å². The number of benzene rings is 1. The first-order chi connectivity index (χ1) is 7.66. The van der Waals surface area contributed by atoms with Gasteiger partial charge in [-0.3, -0.25) is 0 Å². The van der Waals surface area contributed by atoms with Crippen LogP contribution in [0.25, 0.3) is 0 Å². The lowest BCUT2D eigenvalue weighted by Gasteiger charge is -2.24. The van der Waals surface area contributed by atoms with Crippen LogP contribution in [0.5, 0.6) is 0 Å². The average molecular weight is 226 g/mol. The van der Waals surface area contributed by atoms with E-state index in [2.05, 4.69) is 5.32 Å². The van der Waals surface area contributed by atoms with Gasteiger partial charge in [0.2, 0.25) is 0 Å². The van der Waals surface area contributed by atoms with Crippen LogP contribution in [0.15, 0.2) is 12.1 Å². The number of nitrogens with one attached hydrogen (secondary N) is 1. The second kappa shape index (κ2) is 4.68. The van der Waals surface area contributed by atoms with Gasteiger partial charge >= 0.3 is 0 Å². The molecule has 3 N–H and O–H groups in total. The van der Waals surface area contributed by atoms with Gasteiger partial charge in [0, 0.05) is 11.7 Å². The first-order valence-corrected chi connectivity index (χ1v) is 5.68. The molecular formula is C12H16F2N2. The standard InChI is InChI=1S/C12H16F2N2/c13-10-6-8(15)7-11(14)12(10)16-9-4-2-1-3-5-9/h6-7,9,16H,1-5,15H2. The van der Waals surface area contributed by atoms with Gasteiger partial charge in [-0.1, -0.05) is 19.3 Å². The van der Waals surface area contributed by atoms with Gasteiger partial charge in [0.15, 0.2) is 11.6 Å². The van der Waals surface area contributed by atoms with Crippen LogP contribution in [-0.4, -0.2) is 6.04 Å². The monoisotopic (exact) mass is 226 g/mol. The van der Waals surface area contributed by atoms with Crippen LogP contribution in [0.2, 0.25) is 0 Å². The van der Waals surface area contributed by atoms with Crippen LogP contribution in [0.3, 0.4) is 0 Å². The van der Waals surface area contributed by atoms with E-state index < -0.39 is 11.6 Å². The van der Waals surface area contributed by atoms with Crippen molar-refractivity contribution in [3.05, 3.63) is 23.8 Å². The van der Waals surface area contributed by atoms with Crippen molar-refractivity contribution in [2.45, 2.75) is 38.1 Å². The molecule has 1 aromatic rings. The number of nitrogen functional groups attached to an aromatic ring is 1. The van der Waals surface area contributed by atoms with Gasteiger partial charge < -0.3 is 11.1 Å². The molecule has 0 bridgehead atoms. The fourth-order valence-corrected chi connectivity index (χ4v) is 2.18. The van der Waals surface area contributed by atoms with Crippen LogP contribution in [0, 0.1) is 11.6 Å². The molecule has 1 aromatic carbocycles. The summed E-state index contributed by atoms with van der Waals surface area (Å²) in [6.45, 7) is 0. The maximum Gasteiger partial charge on any atom is 0.151 e. The summed E-state index contributed by atoms with van der Waals surface area (Å²) in [4.78, 5) is 0. The van der Waals surface area contributed by atoms with Crippen molar-refractivity contribution < 1.29 is 8.78 Å². The summed E-state index contributed by atoms with van der Waals surface area (Å²) in [5.41, 5.74) is 5.43. The topological polar surface area (TPSA) is 38.0 Å². The van der Waals surface area contributed by atoms with Crippen molar-refractivity contribution in [2.24, 2.45) is 0 Å². The highest BCUT2D eigenvalue weighted by molar-refractivity contribution is 5.54. The maximum absolute atomic E-state index is 13.5. The lowest BCUT2D eigenvalue weighted by molar-refractivity contribution is 0.457. The van der Waals surface area contributed by atoms with Crippen LogP contribution in [0.1, 0.15) is 32.1 Å². The number of halogens is 2. The molecule has 1 fully saturated rings. The molecular weight excluding hydrogens is 210 g/mol. The molecule has 0 unspecified atom stereocenters. The lowest BCUT2D eigenvalue weighted by atomic mass is 9.95. The number of hydrogen-bond donors (Lipinski definition) is 2. The molecule has 1 aliphatic carbocycles. The van der Waals surface area contributed by atoms with Crippen LogP contribution in [-0.2, 0) is 0 Å². The zero-order valence-electron chi connectivity index (χ0n) is 9.10. The Balaban J connectivity index is 2.14. The minimum atomic E-state index is -0.608. The third kappa shape index (κ3) is 2.43. The minimum absolute atomic E-state index is 0.0406. The molecule has 4 heteroatoms. The summed E-state index contributed by atoms with van der Waals surface area (Å²) in [6.07, 6.45) is 5.41. The Hall–Kier alpha value is -1.32. The van der Waals surface area contributed by atoms with Crippen molar-refractivity contribution in [1.29, 1.82) is 0 Å². The third-order valence-corrected chi connectivity index (χ3v) is 3.02. The highest BCUT2D eigenvalue weighted by Crippen LogP contribution is 2.26. The first-order valence-electron chi connectivity index (χ1n) is 5.68. The van der Waals surface area contributed by atoms with E-state index in [-0.39, 0.29) is 17.4 Å².